The third-order valence-corrected chi connectivity index (χ3v) is 3.05. The molecule has 0 fully saturated rings. The van der Waals surface area contributed by atoms with E-state index in [0.717, 1.165) is 5.56 Å². The first-order valence-electron chi connectivity index (χ1n) is 5.75. The molecule has 1 heterocycles. The van der Waals surface area contributed by atoms with Crippen molar-refractivity contribution in [1.82, 2.24) is 10.2 Å². The van der Waals surface area contributed by atoms with Crippen LogP contribution in [-0.2, 0) is 4.79 Å². The van der Waals surface area contributed by atoms with Crippen molar-refractivity contribution in [1.29, 1.82) is 0 Å². The first-order valence-corrected chi connectivity index (χ1v) is 6.69. The Morgan fingerprint density at radius 1 is 1.55 bits per heavy atom. The van der Waals surface area contributed by atoms with E-state index < -0.39 is 18.6 Å². The highest BCUT2D eigenvalue weighted by Crippen LogP contribution is 2.22. The van der Waals surface area contributed by atoms with Gasteiger partial charge >= 0.3 is 6.18 Å². The molecule has 0 aliphatic rings. The first-order chi connectivity index (χ1) is 9.37. The highest BCUT2D eigenvalue weighted by Gasteiger charge is 2.32. The van der Waals surface area contributed by atoms with Crippen molar-refractivity contribution >= 4 is 22.8 Å². The molecule has 0 bridgehead atoms. The van der Waals surface area contributed by atoms with Crippen molar-refractivity contribution in [2.24, 2.45) is 0 Å². The Morgan fingerprint density at radius 2 is 2.25 bits per heavy atom. The molecule has 0 saturated heterocycles. The van der Waals surface area contributed by atoms with Gasteiger partial charge in [-0.05, 0) is 35.0 Å². The quantitative estimate of drug-likeness (QED) is 0.820. The van der Waals surface area contributed by atoms with Crippen LogP contribution in [-0.4, -0.2) is 37.1 Å². The maximum atomic E-state index is 12.5. The third kappa shape index (κ3) is 5.18. The van der Waals surface area contributed by atoms with Gasteiger partial charge in [0.25, 0.3) is 0 Å². The molecule has 0 radical (unpaired) electrons. The highest BCUT2D eigenvalue weighted by molar-refractivity contribution is 7.08. The number of hydrogen-bond acceptors (Lipinski definition) is 3. The largest absolute Gasteiger partial charge is 0.406 e. The number of rotatable bonds is 6. The molecular weight excluding hydrogens is 289 g/mol. The van der Waals surface area contributed by atoms with Crippen LogP contribution in [0.2, 0.25) is 0 Å². The number of allylic oxidation sites excluding steroid dienone is 2. The number of nitrogens with one attached hydrogen (secondary N) is 1. The first kappa shape index (κ1) is 16.5. The lowest BCUT2D eigenvalue weighted by atomic mass is 10.1. The number of nitrogens with zero attached hydrogens (tertiary/aromatic N) is 1. The van der Waals surface area contributed by atoms with Gasteiger partial charge in [-0.1, -0.05) is 12.7 Å². The monoisotopic (exact) mass is 304 g/mol. The number of alkyl halides is 3. The molecule has 1 aromatic rings. The Balaban J connectivity index is 3.03. The van der Waals surface area contributed by atoms with E-state index in [1.165, 1.54) is 30.7 Å². The van der Waals surface area contributed by atoms with Gasteiger partial charge in [-0.3, -0.25) is 4.79 Å². The Hall–Kier alpha value is -1.60. The third-order valence-electron chi connectivity index (χ3n) is 2.37. The zero-order chi connectivity index (χ0) is 15.2. The lowest BCUT2D eigenvalue weighted by molar-refractivity contribution is -0.155. The fraction of sp³-hybridized carbons (Fsp3) is 0.308. The van der Waals surface area contributed by atoms with Gasteiger partial charge in [0.2, 0.25) is 5.91 Å². The summed E-state index contributed by atoms with van der Waals surface area (Å²) in [6.45, 7) is 2.08. The minimum Gasteiger partial charge on any atom is -0.311 e. The summed E-state index contributed by atoms with van der Waals surface area (Å²) in [6, 6.07) is 1.76. The van der Waals surface area contributed by atoms with Gasteiger partial charge in [0.05, 0.1) is 6.54 Å². The molecule has 0 spiro atoms. The number of carbonyl (C=O) groups excluding carboxylic acids is 1. The summed E-state index contributed by atoms with van der Waals surface area (Å²) < 4.78 is 37.6. The minimum absolute atomic E-state index is 0.166. The minimum atomic E-state index is -4.46. The molecule has 1 amide bonds. The van der Waals surface area contributed by atoms with Crippen LogP contribution in [0.1, 0.15) is 5.56 Å². The predicted octanol–water partition coefficient (Wildman–Crippen LogP) is 2.89. The molecule has 1 N–H and O–H groups in total. The van der Waals surface area contributed by atoms with Gasteiger partial charge in [-0.25, -0.2) is 0 Å². The zero-order valence-corrected chi connectivity index (χ0v) is 11.7. The summed E-state index contributed by atoms with van der Waals surface area (Å²) in [5.41, 5.74) is 1.20. The molecule has 7 heteroatoms. The zero-order valence-electron chi connectivity index (χ0n) is 10.9. The molecule has 110 valence electrons. The summed E-state index contributed by atoms with van der Waals surface area (Å²) in [5.74, 6) is -0.653. The van der Waals surface area contributed by atoms with E-state index in [-0.39, 0.29) is 6.54 Å². The van der Waals surface area contributed by atoms with E-state index in [1.807, 2.05) is 0 Å². The van der Waals surface area contributed by atoms with Gasteiger partial charge in [0.1, 0.15) is 6.54 Å². The lowest BCUT2D eigenvalue weighted by Gasteiger charge is -2.21. The summed E-state index contributed by atoms with van der Waals surface area (Å²) in [6.07, 6.45) is -1.85. The highest BCUT2D eigenvalue weighted by atomic mass is 32.1. The summed E-state index contributed by atoms with van der Waals surface area (Å²) in [4.78, 5) is 12.4. The summed E-state index contributed by atoms with van der Waals surface area (Å²) >= 11 is 1.42. The number of likely N-dealkylation sites (N-methyl/N-ethyl adjacent to an activating group) is 1. The van der Waals surface area contributed by atoms with E-state index in [9.17, 15) is 18.0 Å². The van der Waals surface area contributed by atoms with E-state index >= 15 is 0 Å². The van der Waals surface area contributed by atoms with Gasteiger partial charge in [0.15, 0.2) is 0 Å². The van der Waals surface area contributed by atoms with Crippen LogP contribution in [0, 0.1) is 0 Å². The molecule has 0 saturated carbocycles. The fourth-order valence-electron chi connectivity index (χ4n) is 1.49. The number of amides is 1. The second-order valence-electron chi connectivity index (χ2n) is 3.97. The standard InChI is InChI=1S/C13H15F3N2OS/c1-3-10(11-4-5-20-8-11)7-18(9-13(14,15)16)12(19)6-17-2/h3-5,7-8,17H,1,6,9H2,2H3/b10-7+. The van der Waals surface area contributed by atoms with Crippen LogP contribution < -0.4 is 5.32 Å². The van der Waals surface area contributed by atoms with Crippen LogP contribution in [0.25, 0.3) is 5.57 Å². The lowest BCUT2D eigenvalue weighted by Crippen LogP contribution is -2.39. The van der Waals surface area contributed by atoms with Crippen molar-refractivity contribution in [3.63, 3.8) is 0 Å². The average molecular weight is 304 g/mol. The molecule has 0 aliphatic carbocycles. The van der Waals surface area contributed by atoms with Gasteiger partial charge < -0.3 is 10.2 Å². The van der Waals surface area contributed by atoms with Crippen molar-refractivity contribution in [3.05, 3.63) is 41.2 Å². The smallest absolute Gasteiger partial charge is 0.311 e. The van der Waals surface area contributed by atoms with Gasteiger partial charge in [-0.2, -0.15) is 24.5 Å². The Morgan fingerprint density at radius 3 is 2.70 bits per heavy atom. The molecule has 0 atom stereocenters. The molecule has 3 nitrogen and oxygen atoms in total. The van der Waals surface area contributed by atoms with Gasteiger partial charge in [0, 0.05) is 6.20 Å². The van der Waals surface area contributed by atoms with E-state index in [1.54, 1.807) is 16.8 Å². The number of thiophene rings is 1. The molecule has 1 aromatic heterocycles. The van der Waals surface area contributed by atoms with Crippen molar-refractivity contribution < 1.29 is 18.0 Å². The Labute approximate surface area is 119 Å². The molecule has 0 aliphatic heterocycles. The van der Waals surface area contributed by atoms with Crippen LogP contribution in [0.3, 0.4) is 0 Å². The average Bonchev–Trinajstić information content (AvgIpc) is 2.86. The topological polar surface area (TPSA) is 32.3 Å². The molecular formula is C13H15F3N2OS. The van der Waals surface area contributed by atoms with Crippen LogP contribution in [0.4, 0.5) is 13.2 Å². The second kappa shape index (κ2) is 7.25. The summed E-state index contributed by atoms with van der Waals surface area (Å²) in [5, 5.41) is 6.13. The normalized spacial score (nSPS) is 12.3. The van der Waals surface area contributed by atoms with Crippen molar-refractivity contribution in [2.75, 3.05) is 20.1 Å². The fourth-order valence-corrected chi connectivity index (χ4v) is 2.16. The van der Waals surface area contributed by atoms with E-state index in [2.05, 4.69) is 11.9 Å². The Bertz CT molecular complexity index is 480. The van der Waals surface area contributed by atoms with Crippen LogP contribution in [0.15, 0.2) is 35.7 Å². The molecule has 1 rings (SSSR count). The van der Waals surface area contributed by atoms with Crippen molar-refractivity contribution in [2.45, 2.75) is 6.18 Å². The second-order valence-corrected chi connectivity index (χ2v) is 4.75. The molecule has 0 aromatic carbocycles. The van der Waals surface area contributed by atoms with Crippen LogP contribution >= 0.6 is 11.3 Å². The number of halogens is 3. The van der Waals surface area contributed by atoms with Crippen LogP contribution in [0.5, 0.6) is 0 Å². The maximum absolute atomic E-state index is 12.5. The predicted molar refractivity (Wildman–Crippen MR) is 74.2 cm³/mol. The molecule has 20 heavy (non-hydrogen) atoms. The molecule has 0 unspecified atom stereocenters. The SMILES string of the molecule is C=C/C(=C\N(CC(F)(F)F)C(=O)CNC)c1ccsc1. The maximum Gasteiger partial charge on any atom is 0.406 e. The number of hydrogen-bond donors (Lipinski definition) is 1. The van der Waals surface area contributed by atoms with E-state index in [0.29, 0.717) is 10.5 Å². The summed E-state index contributed by atoms with van der Waals surface area (Å²) in [7, 11) is 1.50. The Kier molecular flexibility index (Phi) is 5.97. The van der Waals surface area contributed by atoms with Crippen molar-refractivity contribution in [3.8, 4) is 0 Å². The van der Waals surface area contributed by atoms with Gasteiger partial charge in [-0.15, -0.1) is 0 Å². The number of carbonyl (C=O) groups is 1. The van der Waals surface area contributed by atoms with E-state index in [4.69, 9.17) is 0 Å².